The molecule has 0 radical (unpaired) electrons. The molecule has 0 aliphatic carbocycles. The Kier molecular flexibility index (Phi) is 2.42. The van der Waals surface area contributed by atoms with Gasteiger partial charge in [0.05, 0.1) is 6.69 Å². The van der Waals surface area contributed by atoms with Crippen LogP contribution in [0.3, 0.4) is 0 Å². The van der Waals surface area contributed by atoms with Crippen LogP contribution in [0.15, 0.2) is 65.1 Å². The van der Waals surface area contributed by atoms with Crippen molar-refractivity contribution in [2.45, 2.75) is 0 Å². The fourth-order valence-electron chi connectivity index (χ4n) is 3.39. The van der Waals surface area contributed by atoms with E-state index in [0.717, 1.165) is 43.4 Å². The van der Waals surface area contributed by atoms with Gasteiger partial charge in [-0.05, 0) is 29.3 Å². The summed E-state index contributed by atoms with van der Waals surface area (Å²) in [4.78, 5) is 0. The van der Waals surface area contributed by atoms with Gasteiger partial charge in [-0.15, -0.1) is 10.4 Å². The number of hydrogen-bond acceptors (Lipinski definition) is 1. The summed E-state index contributed by atoms with van der Waals surface area (Å²) in [6.45, 7) is -2.66. The first kappa shape index (κ1) is 12.8. The molecule has 0 fully saturated rings. The molecule has 22 heavy (non-hydrogen) atoms. The Bertz CT molecular complexity index is 1070. The zero-order valence-electron chi connectivity index (χ0n) is 11.4. The fourth-order valence-corrected chi connectivity index (χ4v) is 7.33. The molecule has 1 aromatic heterocycles. The lowest BCUT2D eigenvalue weighted by Crippen LogP contribution is -2.44. The summed E-state index contributed by atoms with van der Waals surface area (Å²) in [5.41, 5.74) is 4.05. The molecule has 0 saturated heterocycles. The molecule has 5 rings (SSSR count). The molecule has 0 amide bonds. The van der Waals surface area contributed by atoms with Crippen molar-refractivity contribution in [1.29, 1.82) is 0 Å². The lowest BCUT2D eigenvalue weighted by atomic mass is 10.0. The van der Waals surface area contributed by atoms with Gasteiger partial charge in [-0.25, -0.2) is 0 Å². The minimum Gasteiger partial charge on any atom is -0.456 e. The van der Waals surface area contributed by atoms with Crippen LogP contribution >= 0.6 is 22.2 Å². The highest BCUT2D eigenvalue weighted by atomic mass is 35.7. The minimum atomic E-state index is -2.66. The Morgan fingerprint density at radius 2 is 1.45 bits per heavy atom. The van der Waals surface area contributed by atoms with E-state index < -0.39 is 6.69 Å². The molecule has 0 bridgehead atoms. The molecule has 1 aliphatic heterocycles. The molecule has 107 valence electrons. The molecule has 1 aliphatic rings. The molecule has 0 atom stereocenters. The van der Waals surface area contributed by atoms with E-state index >= 15 is 0 Å². The molecule has 4 heteroatoms. The van der Waals surface area contributed by atoms with E-state index in [1.54, 1.807) is 0 Å². The third kappa shape index (κ3) is 1.50. The van der Waals surface area contributed by atoms with Crippen molar-refractivity contribution in [1.82, 2.24) is 0 Å². The van der Waals surface area contributed by atoms with Crippen molar-refractivity contribution < 1.29 is 4.42 Å². The Labute approximate surface area is 137 Å². The van der Waals surface area contributed by atoms with Gasteiger partial charge in [0.25, 0.3) is 0 Å². The average Bonchev–Trinajstić information content (AvgIpc) is 3.00. The van der Waals surface area contributed by atoms with E-state index in [9.17, 15) is 0 Å². The monoisotopic (exact) mass is 340 g/mol. The Morgan fingerprint density at radius 3 is 2.36 bits per heavy atom. The molecular formula is C18H10Cl2OSi-. The second kappa shape index (κ2) is 4.16. The number of hydrogen-bond donors (Lipinski definition) is 0. The van der Waals surface area contributed by atoms with Crippen molar-refractivity contribution in [3.05, 3.63) is 60.7 Å². The number of furan rings is 1. The van der Waals surface area contributed by atoms with Gasteiger partial charge >= 0.3 is 0 Å². The van der Waals surface area contributed by atoms with E-state index in [1.807, 2.05) is 42.5 Å². The number of halogens is 2. The smallest absolute Gasteiger partial charge is 0.135 e. The van der Waals surface area contributed by atoms with Crippen LogP contribution in [0, 0.1) is 0 Å². The van der Waals surface area contributed by atoms with Gasteiger partial charge in [-0.1, -0.05) is 42.5 Å². The van der Waals surface area contributed by atoms with Crippen LogP contribution in [0.2, 0.25) is 0 Å². The van der Waals surface area contributed by atoms with Gasteiger partial charge in [0, 0.05) is 10.8 Å². The van der Waals surface area contributed by atoms with Crippen LogP contribution in [0.5, 0.6) is 0 Å². The maximum Gasteiger partial charge on any atom is 0.135 e. The highest BCUT2D eigenvalue weighted by Crippen LogP contribution is 2.37. The second-order valence-electron chi connectivity index (χ2n) is 5.61. The minimum absolute atomic E-state index is 0.853. The van der Waals surface area contributed by atoms with Gasteiger partial charge < -0.3 is 26.6 Å². The van der Waals surface area contributed by atoms with Gasteiger partial charge in [0.2, 0.25) is 0 Å². The topological polar surface area (TPSA) is 13.1 Å². The largest absolute Gasteiger partial charge is 0.456 e. The summed E-state index contributed by atoms with van der Waals surface area (Å²) >= 11 is 13.6. The molecule has 0 saturated carbocycles. The fraction of sp³-hybridized carbons (Fsp3) is 0. The van der Waals surface area contributed by atoms with Crippen molar-refractivity contribution in [2.24, 2.45) is 0 Å². The van der Waals surface area contributed by atoms with E-state index in [4.69, 9.17) is 26.6 Å². The number of rotatable bonds is 0. The number of para-hydroxylation sites is 1. The van der Waals surface area contributed by atoms with Crippen molar-refractivity contribution in [2.75, 3.05) is 0 Å². The summed E-state index contributed by atoms with van der Waals surface area (Å²) in [7, 11) is 0. The third-order valence-electron chi connectivity index (χ3n) is 4.41. The maximum absolute atomic E-state index is 6.79. The first-order chi connectivity index (χ1) is 10.7. The Morgan fingerprint density at radius 1 is 0.682 bits per heavy atom. The van der Waals surface area contributed by atoms with Gasteiger partial charge in [-0.2, -0.15) is 0 Å². The van der Waals surface area contributed by atoms with Crippen LogP contribution in [0.25, 0.3) is 33.1 Å². The standard InChI is InChI=1S/C18H10Cl2OSi/c19-22(20)17-8-4-2-6-12(17)14-9-13-11-5-1-3-7-15(11)21-16(13)10-18(14)22/h1-10H/q-1. The highest BCUT2D eigenvalue weighted by Gasteiger charge is 2.31. The van der Waals surface area contributed by atoms with Crippen molar-refractivity contribution in [3.8, 4) is 11.1 Å². The van der Waals surface area contributed by atoms with Crippen LogP contribution in [-0.4, -0.2) is 6.69 Å². The van der Waals surface area contributed by atoms with Crippen LogP contribution in [0.4, 0.5) is 0 Å². The van der Waals surface area contributed by atoms with Crippen LogP contribution in [0.1, 0.15) is 0 Å². The molecule has 0 spiro atoms. The van der Waals surface area contributed by atoms with Crippen LogP contribution < -0.4 is 10.4 Å². The summed E-state index contributed by atoms with van der Waals surface area (Å²) in [5.74, 6) is 0. The van der Waals surface area contributed by atoms with Gasteiger partial charge in [0.15, 0.2) is 0 Å². The van der Waals surface area contributed by atoms with Gasteiger partial charge in [0.1, 0.15) is 11.2 Å². The predicted octanol–water partition coefficient (Wildman–Crippen LogP) is 4.60. The molecule has 4 aromatic rings. The zero-order chi connectivity index (χ0) is 14.9. The molecular weight excluding hydrogens is 331 g/mol. The summed E-state index contributed by atoms with van der Waals surface area (Å²) in [5, 5.41) is 4.35. The third-order valence-corrected chi connectivity index (χ3v) is 9.06. The normalized spacial score (nSPS) is 15.2. The SMILES string of the molecule is Cl[Si-]1(Cl)c2ccccc2-c2cc3c(cc21)oc1ccccc13. The number of fused-ring (bicyclic) bond motifs is 6. The summed E-state index contributed by atoms with van der Waals surface area (Å²) in [6, 6.07) is 20.5. The Hall–Kier alpha value is -1.74. The van der Waals surface area contributed by atoms with E-state index in [0.29, 0.717) is 0 Å². The molecule has 1 nitrogen and oxygen atoms in total. The quantitative estimate of drug-likeness (QED) is 0.337. The first-order valence-corrected chi connectivity index (χ1v) is 11.1. The summed E-state index contributed by atoms with van der Waals surface area (Å²) < 4.78 is 5.97. The molecule has 3 aromatic carbocycles. The maximum atomic E-state index is 6.79. The Balaban J connectivity index is 1.95. The number of benzene rings is 3. The molecule has 0 unspecified atom stereocenters. The van der Waals surface area contributed by atoms with E-state index in [-0.39, 0.29) is 0 Å². The predicted molar refractivity (Wildman–Crippen MR) is 95.9 cm³/mol. The van der Waals surface area contributed by atoms with Crippen molar-refractivity contribution >= 4 is 61.2 Å². The lowest BCUT2D eigenvalue weighted by molar-refractivity contribution is 0.669. The summed E-state index contributed by atoms with van der Waals surface area (Å²) in [6.07, 6.45) is 0. The van der Waals surface area contributed by atoms with E-state index in [2.05, 4.69) is 18.2 Å². The zero-order valence-corrected chi connectivity index (χ0v) is 13.9. The highest BCUT2D eigenvalue weighted by molar-refractivity contribution is 7.57. The van der Waals surface area contributed by atoms with Crippen molar-refractivity contribution in [3.63, 3.8) is 0 Å². The molecule has 0 N–H and O–H groups in total. The van der Waals surface area contributed by atoms with Gasteiger partial charge in [-0.3, -0.25) is 0 Å². The first-order valence-electron chi connectivity index (χ1n) is 7.10. The second-order valence-corrected chi connectivity index (χ2v) is 11.8. The van der Waals surface area contributed by atoms with E-state index in [1.165, 1.54) is 0 Å². The van der Waals surface area contributed by atoms with Crippen LogP contribution in [-0.2, 0) is 0 Å². The lowest BCUT2D eigenvalue weighted by Gasteiger charge is -2.26. The molecule has 2 heterocycles. The average molecular weight is 341 g/mol.